The average Bonchev–Trinajstić information content (AvgIpc) is 2.07. The fourth-order valence-corrected chi connectivity index (χ4v) is 0.782. The number of aromatic nitrogens is 1. The molecule has 0 radical (unpaired) electrons. The van der Waals surface area contributed by atoms with Crippen LogP contribution in [0.2, 0.25) is 0 Å². The number of rotatable bonds is 1. The topological polar surface area (TPSA) is 76.9 Å². The zero-order valence-corrected chi connectivity index (χ0v) is 6.21. The summed E-state index contributed by atoms with van der Waals surface area (Å²) in [6.45, 7) is 0. The van der Waals surface area contributed by atoms with Crippen LogP contribution in [0.25, 0.3) is 0 Å². The normalized spacial score (nSPS) is 10.0. The second-order valence-corrected chi connectivity index (χ2v) is 2.23. The number of aromatic hydroxyl groups is 1. The molecule has 13 heavy (non-hydrogen) atoms. The second-order valence-electron chi connectivity index (χ2n) is 2.23. The first-order valence-electron chi connectivity index (χ1n) is 3.20. The second kappa shape index (κ2) is 3.23. The lowest BCUT2D eigenvalue weighted by molar-refractivity contribution is 0.149. The van der Waals surface area contributed by atoms with Gasteiger partial charge in [0.2, 0.25) is 0 Å². The Balaban J connectivity index is 3.40. The van der Waals surface area contributed by atoms with Crippen molar-refractivity contribution in [3.8, 4) is 11.8 Å². The highest BCUT2D eigenvalue weighted by molar-refractivity contribution is 5.38. The number of halogens is 2. The summed E-state index contributed by atoms with van der Waals surface area (Å²) in [7, 11) is 0. The van der Waals surface area contributed by atoms with E-state index in [-0.39, 0.29) is 0 Å². The molecular formula is C7H4F2N2O2. The van der Waals surface area contributed by atoms with Gasteiger partial charge in [-0.15, -0.1) is 0 Å². The molecule has 0 saturated heterocycles. The summed E-state index contributed by atoms with van der Waals surface area (Å²) in [4.78, 5) is 12.6. The van der Waals surface area contributed by atoms with E-state index in [2.05, 4.69) is 0 Å². The van der Waals surface area contributed by atoms with Gasteiger partial charge in [-0.1, -0.05) is 0 Å². The number of aromatic amines is 1. The van der Waals surface area contributed by atoms with Gasteiger partial charge in [0.15, 0.2) is 11.4 Å². The molecule has 1 rings (SSSR count). The molecule has 0 spiro atoms. The number of nitrogens with one attached hydrogen (secondary N) is 1. The summed E-state index contributed by atoms with van der Waals surface area (Å²) < 4.78 is 24.1. The first kappa shape index (κ1) is 9.19. The molecule has 0 amide bonds. The summed E-state index contributed by atoms with van der Waals surface area (Å²) in [6.07, 6.45) is -2.97. The highest BCUT2D eigenvalue weighted by Crippen LogP contribution is 2.19. The van der Waals surface area contributed by atoms with Crippen LogP contribution in [0.5, 0.6) is 5.75 Å². The van der Waals surface area contributed by atoms with Crippen molar-refractivity contribution in [3.05, 3.63) is 27.7 Å². The zero-order chi connectivity index (χ0) is 10.0. The van der Waals surface area contributed by atoms with Crippen molar-refractivity contribution in [2.45, 2.75) is 6.43 Å². The van der Waals surface area contributed by atoms with E-state index >= 15 is 0 Å². The van der Waals surface area contributed by atoms with Gasteiger partial charge in [0.1, 0.15) is 6.07 Å². The molecule has 0 atom stereocenters. The molecule has 0 unspecified atom stereocenters. The Morgan fingerprint density at radius 1 is 1.62 bits per heavy atom. The zero-order valence-electron chi connectivity index (χ0n) is 6.21. The fraction of sp³-hybridized carbons (Fsp3) is 0.143. The van der Waals surface area contributed by atoms with Crippen molar-refractivity contribution >= 4 is 0 Å². The highest BCUT2D eigenvalue weighted by Gasteiger charge is 2.15. The number of pyridine rings is 1. The van der Waals surface area contributed by atoms with E-state index in [9.17, 15) is 13.6 Å². The van der Waals surface area contributed by atoms with Crippen molar-refractivity contribution in [2.24, 2.45) is 0 Å². The van der Waals surface area contributed by atoms with Gasteiger partial charge in [-0.05, 0) is 6.07 Å². The maximum Gasteiger partial charge on any atom is 0.269 e. The molecule has 0 aliphatic carbocycles. The van der Waals surface area contributed by atoms with E-state index in [0.29, 0.717) is 6.07 Å². The lowest BCUT2D eigenvalue weighted by atomic mass is 10.2. The Labute approximate surface area is 71.1 Å². The summed E-state index contributed by atoms with van der Waals surface area (Å²) in [5, 5.41) is 17.2. The molecule has 1 aromatic heterocycles. The third kappa shape index (κ3) is 1.64. The first-order chi connectivity index (χ1) is 6.06. The molecule has 0 aliphatic rings. The van der Waals surface area contributed by atoms with E-state index in [1.807, 2.05) is 4.98 Å². The largest absolute Gasteiger partial charge is 0.505 e. The number of alkyl halides is 2. The van der Waals surface area contributed by atoms with Crippen molar-refractivity contribution in [2.75, 3.05) is 0 Å². The predicted molar refractivity (Wildman–Crippen MR) is 38.4 cm³/mol. The SMILES string of the molecule is N#Cc1[nH]c(=O)c(C(F)F)cc1O. The predicted octanol–water partition coefficient (Wildman–Crippen LogP) is 0.890. The van der Waals surface area contributed by atoms with Crippen LogP contribution in [0.4, 0.5) is 8.78 Å². The molecule has 68 valence electrons. The van der Waals surface area contributed by atoms with Crippen LogP contribution in [0, 0.1) is 11.3 Å². The van der Waals surface area contributed by atoms with Gasteiger partial charge in [0.05, 0.1) is 5.56 Å². The standard InChI is InChI=1S/C7H4F2N2O2/c8-6(9)3-1-5(12)4(2-10)11-7(3)13/h1,6,12H,(H,11,13). The molecular weight excluding hydrogens is 182 g/mol. The van der Waals surface area contributed by atoms with Gasteiger partial charge in [0, 0.05) is 0 Å². The molecule has 0 saturated carbocycles. The number of nitrogens with zero attached hydrogens (tertiary/aromatic N) is 1. The van der Waals surface area contributed by atoms with E-state index in [1.54, 1.807) is 0 Å². The smallest absolute Gasteiger partial charge is 0.269 e. The van der Waals surface area contributed by atoms with Crippen LogP contribution in [0.15, 0.2) is 10.9 Å². The van der Waals surface area contributed by atoms with Crippen LogP contribution in [-0.2, 0) is 0 Å². The Hall–Kier alpha value is -1.90. The number of H-pyrrole nitrogens is 1. The minimum atomic E-state index is -2.97. The summed E-state index contributed by atoms with van der Waals surface area (Å²) >= 11 is 0. The van der Waals surface area contributed by atoms with Gasteiger partial charge in [-0.3, -0.25) is 4.79 Å². The quantitative estimate of drug-likeness (QED) is 0.683. The van der Waals surface area contributed by atoms with Crippen LogP contribution in [-0.4, -0.2) is 10.1 Å². The first-order valence-corrected chi connectivity index (χ1v) is 3.20. The van der Waals surface area contributed by atoms with Crippen LogP contribution >= 0.6 is 0 Å². The maximum absolute atomic E-state index is 12.0. The van der Waals surface area contributed by atoms with Crippen LogP contribution < -0.4 is 5.56 Å². The Morgan fingerprint density at radius 3 is 2.69 bits per heavy atom. The minimum Gasteiger partial charge on any atom is -0.505 e. The lowest BCUT2D eigenvalue weighted by Gasteiger charge is -1.99. The van der Waals surface area contributed by atoms with Crippen molar-refractivity contribution < 1.29 is 13.9 Å². The average molecular weight is 186 g/mol. The molecule has 0 aliphatic heterocycles. The molecule has 2 N–H and O–H groups in total. The molecule has 1 heterocycles. The Kier molecular flexibility index (Phi) is 2.28. The third-order valence-electron chi connectivity index (χ3n) is 1.40. The van der Waals surface area contributed by atoms with E-state index in [1.165, 1.54) is 6.07 Å². The molecule has 0 aromatic carbocycles. The number of hydrogen-bond donors (Lipinski definition) is 2. The van der Waals surface area contributed by atoms with E-state index in [0.717, 1.165) is 0 Å². The molecule has 6 heteroatoms. The Bertz CT molecular complexity index is 419. The van der Waals surface area contributed by atoms with Gasteiger partial charge < -0.3 is 10.1 Å². The van der Waals surface area contributed by atoms with Gasteiger partial charge >= 0.3 is 0 Å². The van der Waals surface area contributed by atoms with Crippen molar-refractivity contribution in [3.63, 3.8) is 0 Å². The van der Waals surface area contributed by atoms with Gasteiger partial charge in [-0.2, -0.15) is 5.26 Å². The Morgan fingerprint density at radius 2 is 2.23 bits per heavy atom. The minimum absolute atomic E-state index is 0.422. The fourth-order valence-electron chi connectivity index (χ4n) is 0.782. The molecule has 0 bridgehead atoms. The van der Waals surface area contributed by atoms with Gasteiger partial charge in [-0.25, -0.2) is 8.78 Å². The van der Waals surface area contributed by atoms with Crippen molar-refractivity contribution in [1.29, 1.82) is 5.26 Å². The number of nitriles is 1. The van der Waals surface area contributed by atoms with Crippen molar-refractivity contribution in [1.82, 2.24) is 4.98 Å². The molecule has 1 aromatic rings. The highest BCUT2D eigenvalue weighted by atomic mass is 19.3. The van der Waals surface area contributed by atoms with Gasteiger partial charge in [0.25, 0.3) is 12.0 Å². The van der Waals surface area contributed by atoms with Crippen LogP contribution in [0.3, 0.4) is 0 Å². The summed E-state index contributed by atoms with van der Waals surface area (Å²) in [5.74, 6) is -0.655. The third-order valence-corrected chi connectivity index (χ3v) is 1.40. The maximum atomic E-state index is 12.0. The summed E-state index contributed by atoms with van der Waals surface area (Å²) in [6, 6.07) is 2.04. The summed E-state index contributed by atoms with van der Waals surface area (Å²) in [5.41, 5.74) is -2.34. The van der Waals surface area contributed by atoms with E-state index in [4.69, 9.17) is 10.4 Å². The van der Waals surface area contributed by atoms with Crippen LogP contribution in [0.1, 0.15) is 17.7 Å². The molecule has 4 nitrogen and oxygen atoms in total. The van der Waals surface area contributed by atoms with E-state index < -0.39 is 29.0 Å². The lowest BCUT2D eigenvalue weighted by Crippen LogP contribution is -2.13. The monoisotopic (exact) mass is 186 g/mol. The number of hydrogen-bond acceptors (Lipinski definition) is 3. The molecule has 0 fully saturated rings.